The second-order valence-corrected chi connectivity index (χ2v) is 6.28. The van der Waals surface area contributed by atoms with Crippen LogP contribution in [0.5, 0.6) is 5.75 Å². The van der Waals surface area contributed by atoms with Crippen LogP contribution < -0.4 is 10.1 Å². The number of nitrogens with one attached hydrogen (secondary N) is 1. The van der Waals surface area contributed by atoms with Gasteiger partial charge < -0.3 is 10.1 Å². The monoisotopic (exact) mass is 315 g/mol. The van der Waals surface area contributed by atoms with Gasteiger partial charge in [0.1, 0.15) is 5.75 Å². The van der Waals surface area contributed by atoms with Gasteiger partial charge in [0, 0.05) is 22.9 Å². The maximum absolute atomic E-state index is 6.00. The summed E-state index contributed by atoms with van der Waals surface area (Å²) in [4.78, 5) is 0. The molecule has 0 aliphatic rings. The average molecular weight is 316 g/mol. The van der Waals surface area contributed by atoms with Crippen LogP contribution >= 0.6 is 34.7 Å². The first kappa shape index (κ1) is 14.4. The molecule has 0 spiro atoms. The van der Waals surface area contributed by atoms with Crippen molar-refractivity contribution in [1.29, 1.82) is 0 Å². The number of rotatable bonds is 6. The molecule has 1 heterocycles. The molecule has 0 atom stereocenters. The molecule has 0 saturated carbocycles. The summed E-state index contributed by atoms with van der Waals surface area (Å²) >= 11 is 9.18. The highest BCUT2D eigenvalue weighted by atomic mass is 35.5. The number of hydrogen-bond donors (Lipinski definition) is 1. The van der Waals surface area contributed by atoms with E-state index in [0.717, 1.165) is 33.1 Å². The number of aromatic nitrogens is 2. The normalized spacial score (nSPS) is 10.5. The van der Waals surface area contributed by atoms with Gasteiger partial charge in [-0.3, -0.25) is 0 Å². The Morgan fingerprint density at radius 3 is 3.00 bits per heavy atom. The summed E-state index contributed by atoms with van der Waals surface area (Å²) in [6.45, 7) is 2.88. The molecule has 2 aromatic rings. The number of benzene rings is 1. The molecule has 1 N–H and O–H groups in total. The molecule has 1 aromatic carbocycles. The Hall–Kier alpha value is -0.980. The van der Waals surface area contributed by atoms with Crippen molar-refractivity contribution in [2.45, 2.75) is 17.0 Å². The van der Waals surface area contributed by atoms with E-state index in [-0.39, 0.29) is 0 Å². The highest BCUT2D eigenvalue weighted by molar-refractivity contribution is 8.00. The summed E-state index contributed by atoms with van der Waals surface area (Å²) in [5.74, 6) is 1.60. The maximum atomic E-state index is 6.00. The number of methoxy groups -OCH3 is 1. The molecule has 0 amide bonds. The lowest BCUT2D eigenvalue weighted by Crippen LogP contribution is -1.94. The molecular formula is C12H14ClN3OS2. The number of halogens is 1. The van der Waals surface area contributed by atoms with Crippen molar-refractivity contribution in [3.8, 4) is 5.75 Å². The van der Waals surface area contributed by atoms with Crippen LogP contribution in [0.25, 0.3) is 0 Å². The van der Waals surface area contributed by atoms with E-state index in [4.69, 9.17) is 16.3 Å². The first-order valence-electron chi connectivity index (χ1n) is 5.75. The van der Waals surface area contributed by atoms with Gasteiger partial charge in [-0.1, -0.05) is 34.7 Å². The smallest absolute Gasteiger partial charge is 0.206 e. The predicted molar refractivity (Wildman–Crippen MR) is 81.6 cm³/mol. The Bertz CT molecular complexity index is 548. The molecule has 7 heteroatoms. The largest absolute Gasteiger partial charge is 0.496 e. The zero-order valence-corrected chi connectivity index (χ0v) is 13.0. The van der Waals surface area contributed by atoms with Crippen LogP contribution in [-0.4, -0.2) is 23.9 Å². The molecule has 0 aliphatic carbocycles. The third-order valence-corrected chi connectivity index (χ3v) is 4.63. The lowest BCUT2D eigenvalue weighted by Gasteiger charge is -2.07. The van der Waals surface area contributed by atoms with E-state index in [1.807, 2.05) is 25.1 Å². The van der Waals surface area contributed by atoms with Gasteiger partial charge in [0.15, 0.2) is 4.34 Å². The molecule has 0 unspecified atom stereocenters. The molecule has 0 fully saturated rings. The average Bonchev–Trinajstić information content (AvgIpc) is 2.85. The fraction of sp³-hybridized carbons (Fsp3) is 0.333. The summed E-state index contributed by atoms with van der Waals surface area (Å²) in [5.41, 5.74) is 1.06. The van der Waals surface area contributed by atoms with Gasteiger partial charge in [0.25, 0.3) is 0 Å². The maximum Gasteiger partial charge on any atom is 0.206 e. The van der Waals surface area contributed by atoms with Gasteiger partial charge in [0.05, 0.1) is 7.11 Å². The van der Waals surface area contributed by atoms with Crippen molar-refractivity contribution >= 4 is 39.8 Å². The van der Waals surface area contributed by atoms with Gasteiger partial charge in [-0.15, -0.1) is 10.2 Å². The van der Waals surface area contributed by atoms with Crippen molar-refractivity contribution < 1.29 is 4.74 Å². The Morgan fingerprint density at radius 1 is 1.42 bits per heavy atom. The second kappa shape index (κ2) is 6.98. The Balaban J connectivity index is 2.03. The Kier molecular flexibility index (Phi) is 5.30. The van der Waals surface area contributed by atoms with Crippen molar-refractivity contribution in [3.05, 3.63) is 28.8 Å². The third-order valence-electron chi connectivity index (χ3n) is 2.33. The minimum atomic E-state index is 0.710. The van der Waals surface area contributed by atoms with Crippen LogP contribution in [0.3, 0.4) is 0 Å². The summed E-state index contributed by atoms with van der Waals surface area (Å²) < 4.78 is 6.24. The van der Waals surface area contributed by atoms with Crippen LogP contribution in [0, 0.1) is 0 Å². The van der Waals surface area contributed by atoms with E-state index >= 15 is 0 Å². The van der Waals surface area contributed by atoms with Gasteiger partial charge in [0.2, 0.25) is 5.13 Å². The molecule has 1 aromatic heterocycles. The van der Waals surface area contributed by atoms with E-state index < -0.39 is 0 Å². The lowest BCUT2D eigenvalue weighted by atomic mass is 10.2. The van der Waals surface area contributed by atoms with E-state index in [1.54, 1.807) is 30.2 Å². The quantitative estimate of drug-likeness (QED) is 0.819. The first-order chi connectivity index (χ1) is 9.22. The van der Waals surface area contributed by atoms with E-state index in [0.29, 0.717) is 5.02 Å². The summed E-state index contributed by atoms with van der Waals surface area (Å²) in [5, 5.41) is 12.9. The summed E-state index contributed by atoms with van der Waals surface area (Å²) in [6, 6.07) is 5.62. The van der Waals surface area contributed by atoms with Crippen LogP contribution in [0.2, 0.25) is 5.02 Å². The molecule has 102 valence electrons. The number of thioether (sulfide) groups is 1. The van der Waals surface area contributed by atoms with Gasteiger partial charge >= 0.3 is 0 Å². The SMILES string of the molecule is CCNc1nnc(SCc2cc(Cl)ccc2OC)s1. The molecule has 0 saturated heterocycles. The number of hydrogen-bond acceptors (Lipinski definition) is 6. The van der Waals surface area contributed by atoms with Crippen LogP contribution in [0.1, 0.15) is 12.5 Å². The topological polar surface area (TPSA) is 47.0 Å². The van der Waals surface area contributed by atoms with E-state index in [2.05, 4.69) is 15.5 Å². The van der Waals surface area contributed by atoms with E-state index in [9.17, 15) is 0 Å². The van der Waals surface area contributed by atoms with Gasteiger partial charge in [-0.2, -0.15) is 0 Å². The minimum Gasteiger partial charge on any atom is -0.496 e. The van der Waals surface area contributed by atoms with Crippen molar-refractivity contribution in [2.24, 2.45) is 0 Å². The number of nitrogens with zero attached hydrogens (tertiary/aromatic N) is 2. The molecule has 0 aliphatic heterocycles. The third kappa shape index (κ3) is 3.99. The first-order valence-corrected chi connectivity index (χ1v) is 7.93. The summed E-state index contributed by atoms with van der Waals surface area (Å²) in [6.07, 6.45) is 0. The van der Waals surface area contributed by atoms with Crippen LogP contribution in [0.15, 0.2) is 22.5 Å². The Morgan fingerprint density at radius 2 is 2.26 bits per heavy atom. The lowest BCUT2D eigenvalue weighted by molar-refractivity contribution is 0.411. The zero-order chi connectivity index (χ0) is 13.7. The van der Waals surface area contributed by atoms with Crippen molar-refractivity contribution in [3.63, 3.8) is 0 Å². The minimum absolute atomic E-state index is 0.710. The molecular weight excluding hydrogens is 302 g/mol. The highest BCUT2D eigenvalue weighted by Gasteiger charge is 2.08. The van der Waals surface area contributed by atoms with Gasteiger partial charge in [-0.25, -0.2) is 0 Å². The molecule has 2 rings (SSSR count). The number of ether oxygens (including phenoxy) is 1. The van der Waals surface area contributed by atoms with Gasteiger partial charge in [-0.05, 0) is 25.1 Å². The second-order valence-electron chi connectivity index (χ2n) is 3.65. The predicted octanol–water partition coefficient (Wildman–Crippen LogP) is 3.92. The zero-order valence-electron chi connectivity index (χ0n) is 10.6. The molecule has 0 bridgehead atoms. The molecule has 19 heavy (non-hydrogen) atoms. The fourth-order valence-electron chi connectivity index (χ4n) is 1.49. The highest BCUT2D eigenvalue weighted by Crippen LogP contribution is 2.32. The summed E-state index contributed by atoms with van der Waals surface area (Å²) in [7, 11) is 1.66. The Labute approximate surface area is 125 Å². The standard InChI is InChI=1S/C12H14ClN3OS2/c1-3-14-11-15-16-12(19-11)18-7-8-6-9(13)4-5-10(8)17-2/h4-6H,3,7H2,1-2H3,(H,14,15). The fourth-order valence-corrected chi connectivity index (χ4v) is 3.48. The van der Waals surface area contributed by atoms with Crippen LogP contribution in [-0.2, 0) is 5.75 Å². The molecule has 0 radical (unpaired) electrons. The molecule has 4 nitrogen and oxygen atoms in total. The number of anilines is 1. The van der Waals surface area contributed by atoms with E-state index in [1.165, 1.54) is 0 Å². The van der Waals surface area contributed by atoms with Crippen LogP contribution in [0.4, 0.5) is 5.13 Å². The van der Waals surface area contributed by atoms with Crippen molar-refractivity contribution in [1.82, 2.24) is 10.2 Å². The van der Waals surface area contributed by atoms with Crippen molar-refractivity contribution in [2.75, 3.05) is 19.0 Å².